The minimum atomic E-state index is -0.396. The summed E-state index contributed by atoms with van der Waals surface area (Å²) >= 11 is 0. The van der Waals surface area contributed by atoms with Crippen molar-refractivity contribution in [2.24, 2.45) is 11.8 Å². The maximum Gasteiger partial charge on any atom is 0.133 e. The molecule has 0 aromatic carbocycles. The molecule has 0 heterocycles. The van der Waals surface area contributed by atoms with Crippen molar-refractivity contribution in [1.82, 2.24) is 5.32 Å². The van der Waals surface area contributed by atoms with E-state index in [2.05, 4.69) is 25.2 Å². The van der Waals surface area contributed by atoms with Crippen LogP contribution in [0.4, 0.5) is 0 Å². The van der Waals surface area contributed by atoms with Gasteiger partial charge in [-0.1, -0.05) is 20.3 Å². The monoisotopic (exact) mass is 250 g/mol. The number of hydrogen-bond donors (Lipinski definition) is 1. The van der Waals surface area contributed by atoms with E-state index in [1.54, 1.807) is 0 Å². The molecule has 2 unspecified atom stereocenters. The third-order valence-electron chi connectivity index (χ3n) is 4.03. The first kappa shape index (κ1) is 13.8. The maximum atomic E-state index is 9.54. The second kappa shape index (κ2) is 6.04. The third kappa shape index (κ3) is 3.70. The molecule has 0 aliphatic heterocycles. The van der Waals surface area contributed by atoms with Crippen molar-refractivity contribution in [3.8, 4) is 6.07 Å². The number of nitrogens with one attached hydrogen (secondary N) is 1. The van der Waals surface area contributed by atoms with Crippen LogP contribution in [-0.4, -0.2) is 24.8 Å². The quantitative estimate of drug-likeness (QED) is 0.684. The largest absolute Gasteiger partial charge is 0.378 e. The van der Waals surface area contributed by atoms with Gasteiger partial charge in [-0.3, -0.25) is 5.32 Å². The van der Waals surface area contributed by atoms with Gasteiger partial charge in [0.25, 0.3) is 0 Å². The molecular weight excluding hydrogens is 224 g/mol. The molecule has 0 spiro atoms. The van der Waals surface area contributed by atoms with Gasteiger partial charge in [0.2, 0.25) is 0 Å². The van der Waals surface area contributed by atoms with Gasteiger partial charge < -0.3 is 4.74 Å². The summed E-state index contributed by atoms with van der Waals surface area (Å²) in [5, 5.41) is 13.1. The van der Waals surface area contributed by atoms with Crippen LogP contribution in [0.25, 0.3) is 0 Å². The summed E-state index contributed by atoms with van der Waals surface area (Å²) in [6.45, 7) is 5.78. The van der Waals surface area contributed by atoms with E-state index in [9.17, 15) is 5.26 Å². The van der Waals surface area contributed by atoms with Gasteiger partial charge in [-0.15, -0.1) is 0 Å². The molecule has 102 valence electrons. The highest BCUT2D eigenvalue weighted by atomic mass is 16.5. The normalized spacial score (nSPS) is 24.3. The Hall–Kier alpha value is -0.590. The Balaban J connectivity index is 1.79. The molecule has 0 radical (unpaired) electrons. The van der Waals surface area contributed by atoms with Crippen LogP contribution in [0, 0.1) is 23.2 Å². The minimum Gasteiger partial charge on any atom is -0.378 e. The predicted molar refractivity (Wildman–Crippen MR) is 72.1 cm³/mol. The van der Waals surface area contributed by atoms with Crippen LogP contribution in [-0.2, 0) is 4.74 Å². The van der Waals surface area contributed by atoms with E-state index in [-0.39, 0.29) is 0 Å². The smallest absolute Gasteiger partial charge is 0.133 e. The molecule has 2 rings (SSSR count). The van der Waals surface area contributed by atoms with Gasteiger partial charge in [0.15, 0.2) is 0 Å². The summed E-state index contributed by atoms with van der Waals surface area (Å²) < 4.78 is 5.85. The molecule has 18 heavy (non-hydrogen) atoms. The van der Waals surface area contributed by atoms with E-state index in [1.165, 1.54) is 38.5 Å². The fraction of sp³-hybridized carbons (Fsp3) is 0.933. The van der Waals surface area contributed by atoms with Crippen LogP contribution in [0.15, 0.2) is 0 Å². The molecule has 2 aliphatic rings. The minimum absolute atomic E-state index is 0.396. The van der Waals surface area contributed by atoms with E-state index in [1.807, 2.05) is 0 Å². The second-order valence-electron chi connectivity index (χ2n) is 6.19. The van der Waals surface area contributed by atoms with Crippen molar-refractivity contribution >= 4 is 0 Å². The SMILES string of the molecule is CCCC(C)COCC(C#N)(NC1CC1)C1CC1. The molecule has 2 saturated carbocycles. The first-order valence-corrected chi connectivity index (χ1v) is 7.47. The number of nitriles is 1. The summed E-state index contributed by atoms with van der Waals surface area (Å²) in [4.78, 5) is 0. The molecule has 3 heteroatoms. The summed E-state index contributed by atoms with van der Waals surface area (Å²) in [6.07, 6.45) is 7.23. The van der Waals surface area contributed by atoms with Gasteiger partial charge in [-0.05, 0) is 43.9 Å². The molecular formula is C15H26N2O. The van der Waals surface area contributed by atoms with Crippen LogP contribution < -0.4 is 5.32 Å². The highest BCUT2D eigenvalue weighted by molar-refractivity contribution is 5.17. The topological polar surface area (TPSA) is 45.0 Å². The van der Waals surface area contributed by atoms with E-state index >= 15 is 0 Å². The summed E-state index contributed by atoms with van der Waals surface area (Å²) in [5.74, 6) is 1.12. The van der Waals surface area contributed by atoms with Crippen LogP contribution in [0.1, 0.15) is 52.4 Å². The lowest BCUT2D eigenvalue weighted by Gasteiger charge is -2.28. The Morgan fingerprint density at radius 3 is 2.61 bits per heavy atom. The van der Waals surface area contributed by atoms with Gasteiger partial charge in [0.05, 0.1) is 12.7 Å². The lowest BCUT2D eigenvalue weighted by Crippen LogP contribution is -2.51. The van der Waals surface area contributed by atoms with Crippen molar-refractivity contribution < 1.29 is 4.74 Å². The first-order valence-electron chi connectivity index (χ1n) is 7.47. The molecule has 0 amide bonds. The summed E-state index contributed by atoms with van der Waals surface area (Å²) in [5.41, 5.74) is -0.396. The Morgan fingerprint density at radius 1 is 1.39 bits per heavy atom. The van der Waals surface area contributed by atoms with Crippen molar-refractivity contribution in [3.63, 3.8) is 0 Å². The van der Waals surface area contributed by atoms with Crippen LogP contribution >= 0.6 is 0 Å². The zero-order chi connectivity index (χ0) is 13.0. The predicted octanol–water partition coefficient (Wildman–Crippen LogP) is 2.86. The van der Waals surface area contributed by atoms with Gasteiger partial charge in [0, 0.05) is 12.6 Å². The highest BCUT2D eigenvalue weighted by Gasteiger charge is 2.48. The van der Waals surface area contributed by atoms with E-state index in [4.69, 9.17) is 4.74 Å². The summed E-state index contributed by atoms with van der Waals surface area (Å²) in [6, 6.07) is 3.09. The van der Waals surface area contributed by atoms with Crippen molar-refractivity contribution in [2.45, 2.75) is 64.0 Å². The van der Waals surface area contributed by atoms with Gasteiger partial charge in [0.1, 0.15) is 5.54 Å². The Bertz CT molecular complexity index is 304. The van der Waals surface area contributed by atoms with E-state index < -0.39 is 5.54 Å². The average Bonchev–Trinajstić information content (AvgIpc) is 3.20. The fourth-order valence-electron chi connectivity index (χ4n) is 2.60. The standard InChI is InChI=1S/C15H26N2O/c1-3-4-12(2)9-18-11-15(10-16,13-5-6-13)17-14-7-8-14/h12-14,17H,3-9,11H2,1-2H3. The fourth-order valence-corrected chi connectivity index (χ4v) is 2.60. The molecule has 0 aromatic rings. The maximum absolute atomic E-state index is 9.54. The van der Waals surface area contributed by atoms with E-state index in [0.717, 1.165) is 6.61 Å². The first-order chi connectivity index (χ1) is 8.70. The Morgan fingerprint density at radius 2 is 2.11 bits per heavy atom. The molecule has 2 atom stereocenters. The molecule has 1 N–H and O–H groups in total. The van der Waals surface area contributed by atoms with Gasteiger partial charge in [-0.25, -0.2) is 0 Å². The zero-order valence-corrected chi connectivity index (χ0v) is 11.7. The Kier molecular flexibility index (Phi) is 4.64. The van der Waals surface area contributed by atoms with Crippen LogP contribution in [0.3, 0.4) is 0 Å². The van der Waals surface area contributed by atoms with Crippen molar-refractivity contribution in [2.75, 3.05) is 13.2 Å². The lowest BCUT2D eigenvalue weighted by atomic mass is 9.95. The molecule has 0 bridgehead atoms. The molecule has 0 saturated heterocycles. The number of ether oxygens (including phenoxy) is 1. The highest BCUT2D eigenvalue weighted by Crippen LogP contribution is 2.41. The lowest BCUT2D eigenvalue weighted by molar-refractivity contribution is 0.0576. The molecule has 0 aromatic heterocycles. The summed E-state index contributed by atoms with van der Waals surface area (Å²) in [7, 11) is 0. The van der Waals surface area contributed by atoms with Crippen molar-refractivity contribution in [1.29, 1.82) is 5.26 Å². The average molecular weight is 250 g/mol. The number of hydrogen-bond acceptors (Lipinski definition) is 3. The second-order valence-corrected chi connectivity index (χ2v) is 6.19. The van der Waals surface area contributed by atoms with Gasteiger partial charge in [-0.2, -0.15) is 5.26 Å². The van der Waals surface area contributed by atoms with E-state index in [0.29, 0.717) is 24.5 Å². The molecule has 3 nitrogen and oxygen atoms in total. The van der Waals surface area contributed by atoms with Crippen LogP contribution in [0.5, 0.6) is 0 Å². The van der Waals surface area contributed by atoms with Crippen molar-refractivity contribution in [3.05, 3.63) is 0 Å². The Labute approximate surface area is 111 Å². The number of nitrogens with zero attached hydrogens (tertiary/aromatic N) is 1. The van der Waals surface area contributed by atoms with Crippen LogP contribution in [0.2, 0.25) is 0 Å². The van der Waals surface area contributed by atoms with Gasteiger partial charge >= 0.3 is 0 Å². The molecule has 2 aliphatic carbocycles. The number of rotatable bonds is 9. The molecule has 2 fully saturated rings. The third-order valence-corrected chi connectivity index (χ3v) is 4.03. The zero-order valence-electron chi connectivity index (χ0n) is 11.7.